The molecule has 0 saturated heterocycles. The highest BCUT2D eigenvalue weighted by atomic mass is 19.3. The first-order valence-corrected chi connectivity index (χ1v) is 9.29. The molecule has 0 fully saturated rings. The number of nitro benzene ring substituents is 1. The van der Waals surface area contributed by atoms with Crippen molar-refractivity contribution in [3.05, 3.63) is 59.9 Å². The molecular weight excluding hydrogens is 434 g/mol. The minimum Gasteiger partial charge on any atom is -0.493 e. The molecule has 0 atom stereocenters. The molecule has 0 amide bonds. The van der Waals surface area contributed by atoms with Gasteiger partial charge in [0, 0.05) is 13.6 Å². The third-order valence-corrected chi connectivity index (χ3v) is 4.74. The highest BCUT2D eigenvalue weighted by molar-refractivity contribution is 6.19. The van der Waals surface area contributed by atoms with Gasteiger partial charge in [0.05, 0.1) is 29.4 Å². The molecular formula is C19H18F2N4O7. The Balaban J connectivity index is 2.19. The number of benzene rings is 1. The van der Waals surface area contributed by atoms with Crippen molar-refractivity contribution >= 4 is 23.4 Å². The zero-order valence-corrected chi connectivity index (χ0v) is 17.2. The topological polar surface area (TPSA) is 135 Å². The van der Waals surface area contributed by atoms with E-state index < -0.39 is 40.0 Å². The minimum absolute atomic E-state index is 0.0107. The number of hydrogen-bond donors (Lipinski definition) is 1. The van der Waals surface area contributed by atoms with Crippen LogP contribution in [0.5, 0.6) is 11.5 Å². The normalized spacial score (nSPS) is 13.9. The number of nitro groups is 1. The number of ketones is 1. The predicted octanol–water partition coefficient (Wildman–Crippen LogP) is 2.12. The zero-order chi connectivity index (χ0) is 23.7. The second-order valence-electron chi connectivity index (χ2n) is 6.73. The molecule has 0 saturated carbocycles. The summed E-state index contributed by atoms with van der Waals surface area (Å²) >= 11 is 0. The van der Waals surface area contributed by atoms with Gasteiger partial charge in [-0.15, -0.1) is 0 Å². The van der Waals surface area contributed by atoms with E-state index in [-0.39, 0.29) is 34.9 Å². The molecule has 0 unspecified atom stereocenters. The van der Waals surface area contributed by atoms with Gasteiger partial charge in [0.25, 0.3) is 11.2 Å². The number of halogens is 2. The molecule has 2 aromatic rings. The molecule has 0 spiro atoms. The maximum Gasteiger partial charge on any atom is 0.387 e. The predicted molar refractivity (Wildman–Crippen MR) is 108 cm³/mol. The Morgan fingerprint density at radius 3 is 2.50 bits per heavy atom. The number of anilines is 1. The van der Waals surface area contributed by atoms with Crippen LogP contribution >= 0.6 is 0 Å². The van der Waals surface area contributed by atoms with Crippen LogP contribution < -0.4 is 26.0 Å². The molecule has 1 aliphatic heterocycles. The van der Waals surface area contributed by atoms with Crippen molar-refractivity contribution in [3.8, 4) is 11.5 Å². The van der Waals surface area contributed by atoms with Gasteiger partial charge in [0.1, 0.15) is 11.4 Å². The van der Waals surface area contributed by atoms with Gasteiger partial charge in [-0.1, -0.05) is 6.92 Å². The van der Waals surface area contributed by atoms with Crippen LogP contribution in [0.2, 0.25) is 0 Å². The van der Waals surface area contributed by atoms with Crippen molar-refractivity contribution in [3.63, 3.8) is 0 Å². The maximum absolute atomic E-state index is 12.9. The third-order valence-electron chi connectivity index (χ3n) is 4.74. The number of aromatic nitrogens is 2. The number of nitrogens with one attached hydrogen (secondary N) is 1. The number of methoxy groups -OCH3 is 1. The van der Waals surface area contributed by atoms with E-state index in [1.165, 1.54) is 11.6 Å². The average molecular weight is 452 g/mol. The van der Waals surface area contributed by atoms with Crippen LogP contribution in [0.25, 0.3) is 6.08 Å². The fraction of sp³-hybridized carbons (Fsp3) is 0.316. The standard InChI is InChI=1S/C19H18F2N4O7/c1-4-5-24-16-14(17(27)23(2)19(24)28)15(26)10(22-16)6-9-7-12(31-3)13(32-18(20)21)8-11(9)25(29)30/h6-8,18,22H,4-5H2,1-3H3/b10-6-. The molecule has 1 aliphatic rings. The van der Waals surface area contributed by atoms with Crippen molar-refractivity contribution in [2.75, 3.05) is 12.4 Å². The largest absolute Gasteiger partial charge is 0.493 e. The van der Waals surface area contributed by atoms with Gasteiger partial charge in [0.2, 0.25) is 5.78 Å². The van der Waals surface area contributed by atoms with Crippen LogP contribution in [0, 0.1) is 10.1 Å². The van der Waals surface area contributed by atoms with E-state index in [0.29, 0.717) is 6.42 Å². The Morgan fingerprint density at radius 1 is 1.25 bits per heavy atom. The summed E-state index contributed by atoms with van der Waals surface area (Å²) in [6.45, 7) is -1.22. The molecule has 0 radical (unpaired) electrons. The third kappa shape index (κ3) is 3.84. The van der Waals surface area contributed by atoms with Crippen LogP contribution in [0.15, 0.2) is 27.4 Å². The Hall–Kier alpha value is -4.03. The summed E-state index contributed by atoms with van der Waals surface area (Å²) in [5.74, 6) is -1.57. The molecule has 1 aromatic heterocycles. The average Bonchev–Trinajstić information content (AvgIpc) is 3.05. The monoisotopic (exact) mass is 452 g/mol. The number of ether oxygens (including phenoxy) is 2. The molecule has 0 bridgehead atoms. The van der Waals surface area contributed by atoms with Gasteiger partial charge in [0.15, 0.2) is 11.5 Å². The summed E-state index contributed by atoms with van der Waals surface area (Å²) in [5.41, 5.74) is -2.74. The maximum atomic E-state index is 12.9. The number of nitrogens with zero attached hydrogens (tertiary/aromatic N) is 3. The molecule has 11 nitrogen and oxygen atoms in total. The quantitative estimate of drug-likeness (QED) is 0.384. The zero-order valence-electron chi connectivity index (χ0n) is 17.2. The number of alkyl halides is 2. The minimum atomic E-state index is -3.24. The van der Waals surface area contributed by atoms with Crippen molar-refractivity contribution in [1.82, 2.24) is 9.13 Å². The number of carbonyl (C=O) groups is 1. The fourth-order valence-corrected chi connectivity index (χ4v) is 3.30. The number of allylic oxidation sites excluding steroid dienone is 1. The molecule has 170 valence electrons. The van der Waals surface area contributed by atoms with E-state index in [0.717, 1.165) is 29.9 Å². The van der Waals surface area contributed by atoms with Crippen molar-refractivity contribution in [1.29, 1.82) is 0 Å². The second-order valence-corrected chi connectivity index (χ2v) is 6.73. The lowest BCUT2D eigenvalue weighted by molar-refractivity contribution is -0.385. The molecule has 13 heteroatoms. The van der Waals surface area contributed by atoms with Gasteiger partial charge in [-0.3, -0.25) is 28.8 Å². The Morgan fingerprint density at radius 2 is 1.94 bits per heavy atom. The van der Waals surface area contributed by atoms with Gasteiger partial charge >= 0.3 is 12.3 Å². The van der Waals surface area contributed by atoms with Gasteiger partial charge in [-0.25, -0.2) is 4.79 Å². The molecule has 2 heterocycles. The number of fused-ring (bicyclic) bond motifs is 1. The molecule has 3 rings (SSSR count). The Labute approximate surface area is 178 Å². The van der Waals surface area contributed by atoms with Crippen LogP contribution in [-0.4, -0.2) is 33.6 Å². The number of Topliss-reactive ketones (excluding diaryl/α,β-unsaturated/α-hetero) is 1. The van der Waals surface area contributed by atoms with Crippen molar-refractivity contribution < 1.29 is 28.0 Å². The van der Waals surface area contributed by atoms with Gasteiger partial charge < -0.3 is 14.8 Å². The van der Waals surface area contributed by atoms with Gasteiger partial charge in [-0.05, 0) is 18.6 Å². The van der Waals surface area contributed by atoms with E-state index in [1.807, 2.05) is 0 Å². The lowest BCUT2D eigenvalue weighted by atomic mass is 10.1. The van der Waals surface area contributed by atoms with Gasteiger partial charge in [-0.2, -0.15) is 8.78 Å². The van der Waals surface area contributed by atoms with E-state index in [9.17, 15) is 33.3 Å². The lowest BCUT2D eigenvalue weighted by Crippen LogP contribution is -2.40. The molecule has 1 N–H and O–H groups in total. The summed E-state index contributed by atoms with van der Waals surface area (Å²) in [6.07, 6.45) is 1.61. The first-order valence-electron chi connectivity index (χ1n) is 9.29. The summed E-state index contributed by atoms with van der Waals surface area (Å²) in [5, 5.41) is 14.2. The van der Waals surface area contributed by atoms with E-state index >= 15 is 0 Å². The highest BCUT2D eigenvalue weighted by Gasteiger charge is 2.33. The summed E-state index contributed by atoms with van der Waals surface area (Å²) in [7, 11) is 2.39. The van der Waals surface area contributed by atoms with E-state index in [4.69, 9.17) is 4.74 Å². The van der Waals surface area contributed by atoms with E-state index in [1.54, 1.807) is 6.92 Å². The van der Waals surface area contributed by atoms with Crippen LogP contribution in [-0.2, 0) is 13.6 Å². The number of carbonyl (C=O) groups excluding carboxylic acids is 1. The summed E-state index contributed by atoms with van der Waals surface area (Å²) in [4.78, 5) is 48.5. The first kappa shape index (κ1) is 22.7. The number of hydrogen-bond acceptors (Lipinski definition) is 8. The SMILES string of the molecule is CCCn1c2c(c(=O)n(C)c1=O)C(=O)/C(=C/c1cc(OC)c(OC(F)F)cc1[N+](=O)[O-])N2. The van der Waals surface area contributed by atoms with Crippen LogP contribution in [0.4, 0.5) is 20.3 Å². The molecule has 32 heavy (non-hydrogen) atoms. The number of rotatable bonds is 7. The molecule has 1 aromatic carbocycles. The summed E-state index contributed by atoms with van der Waals surface area (Å²) in [6, 6.07) is 1.80. The van der Waals surface area contributed by atoms with E-state index in [2.05, 4.69) is 10.1 Å². The second kappa shape index (κ2) is 8.61. The Kier molecular flexibility index (Phi) is 6.09. The van der Waals surface area contributed by atoms with Crippen molar-refractivity contribution in [2.45, 2.75) is 26.5 Å². The Bertz CT molecular complexity index is 1260. The molecule has 0 aliphatic carbocycles. The van der Waals surface area contributed by atoms with Crippen LogP contribution in [0.3, 0.4) is 0 Å². The summed E-state index contributed by atoms with van der Waals surface area (Å²) < 4.78 is 36.5. The smallest absolute Gasteiger partial charge is 0.387 e. The first-order chi connectivity index (χ1) is 15.1. The van der Waals surface area contributed by atoms with Crippen molar-refractivity contribution in [2.24, 2.45) is 7.05 Å². The van der Waals surface area contributed by atoms with Crippen LogP contribution in [0.1, 0.15) is 29.3 Å². The lowest BCUT2D eigenvalue weighted by Gasteiger charge is -2.12. The fourth-order valence-electron chi connectivity index (χ4n) is 3.30. The highest BCUT2D eigenvalue weighted by Crippen LogP contribution is 2.37.